The molecule has 2 rings (SSSR count). The highest BCUT2D eigenvalue weighted by molar-refractivity contribution is 9.10. The Morgan fingerprint density at radius 2 is 1.96 bits per heavy atom. The Hall–Kier alpha value is -2.36. The van der Waals surface area contributed by atoms with Gasteiger partial charge in [0.1, 0.15) is 18.2 Å². The molecule has 2 aromatic rings. The molecule has 0 bridgehead atoms. The minimum atomic E-state index is -0.645. The number of hydrogen-bond acceptors (Lipinski definition) is 4. The van der Waals surface area contributed by atoms with E-state index in [-0.39, 0.29) is 12.2 Å². The predicted molar refractivity (Wildman–Crippen MR) is 99.4 cm³/mol. The van der Waals surface area contributed by atoms with Crippen molar-refractivity contribution in [2.75, 3.05) is 20.3 Å². The van der Waals surface area contributed by atoms with Gasteiger partial charge in [-0.1, -0.05) is 15.9 Å². The summed E-state index contributed by atoms with van der Waals surface area (Å²) in [5.41, 5.74) is 3.74. The fourth-order valence-corrected chi connectivity index (χ4v) is 2.77. The summed E-state index contributed by atoms with van der Waals surface area (Å²) in [6, 6.07) is 11.8. The van der Waals surface area contributed by atoms with Crippen LogP contribution in [0.1, 0.15) is 17.0 Å². The van der Waals surface area contributed by atoms with E-state index in [4.69, 9.17) is 9.47 Å². The van der Waals surface area contributed by atoms with Crippen LogP contribution in [0, 0.1) is 25.2 Å². The summed E-state index contributed by atoms with van der Waals surface area (Å²) in [7, 11) is 1.52. The molecule has 0 aliphatic carbocycles. The first kappa shape index (κ1) is 19.0. The Bertz CT molecular complexity index is 830. The van der Waals surface area contributed by atoms with Crippen molar-refractivity contribution in [1.29, 1.82) is 5.26 Å². The molecule has 0 spiro atoms. The Morgan fingerprint density at radius 1 is 1.28 bits per heavy atom. The number of ether oxygens (including phenoxy) is 2. The average molecular weight is 403 g/mol. The normalized spacial score (nSPS) is 11.2. The summed E-state index contributed by atoms with van der Waals surface area (Å²) in [5.74, 6) is -0.645. The summed E-state index contributed by atoms with van der Waals surface area (Å²) in [5, 5.41) is 9.27. The molecule has 0 radical (unpaired) electrons. The van der Waals surface area contributed by atoms with Crippen molar-refractivity contribution in [3.63, 3.8) is 0 Å². The number of rotatable bonds is 6. The van der Waals surface area contributed by atoms with E-state index in [1.165, 1.54) is 7.11 Å². The number of aromatic nitrogens is 1. The lowest BCUT2D eigenvalue weighted by Gasteiger charge is -2.09. The lowest BCUT2D eigenvalue weighted by atomic mass is 10.1. The number of carbonyl (C=O) groups excluding carboxylic acids is 1. The SMILES string of the molecule is COCCOC(=O)/C(C#N)=C\c1cc(C)n(-c2ccc(Br)cc2)c1C. The summed E-state index contributed by atoms with van der Waals surface area (Å²) >= 11 is 3.43. The molecule has 6 heteroatoms. The fraction of sp³-hybridized carbons (Fsp3) is 0.263. The molecular formula is C19H19BrN2O3. The monoisotopic (exact) mass is 402 g/mol. The van der Waals surface area contributed by atoms with Crippen molar-refractivity contribution in [2.24, 2.45) is 0 Å². The second-order valence-electron chi connectivity index (χ2n) is 5.44. The summed E-state index contributed by atoms with van der Waals surface area (Å²) < 4.78 is 12.9. The summed E-state index contributed by atoms with van der Waals surface area (Å²) in [4.78, 5) is 12.0. The van der Waals surface area contributed by atoms with Gasteiger partial charge in [0.05, 0.1) is 6.61 Å². The van der Waals surface area contributed by atoms with E-state index in [9.17, 15) is 10.1 Å². The smallest absolute Gasteiger partial charge is 0.348 e. The van der Waals surface area contributed by atoms with E-state index >= 15 is 0 Å². The van der Waals surface area contributed by atoms with Crippen molar-refractivity contribution in [1.82, 2.24) is 4.57 Å². The van der Waals surface area contributed by atoms with Crippen LogP contribution in [0.25, 0.3) is 11.8 Å². The van der Waals surface area contributed by atoms with Crippen LogP contribution in [0.2, 0.25) is 0 Å². The van der Waals surface area contributed by atoms with Crippen LogP contribution >= 0.6 is 15.9 Å². The third-order valence-electron chi connectivity index (χ3n) is 3.72. The van der Waals surface area contributed by atoms with E-state index in [1.807, 2.05) is 50.2 Å². The molecule has 1 aromatic heterocycles. The molecule has 0 unspecified atom stereocenters. The molecule has 0 amide bonds. The first-order valence-corrected chi connectivity index (χ1v) is 8.50. The molecule has 0 fully saturated rings. The van der Waals surface area contributed by atoms with Crippen LogP contribution in [0.4, 0.5) is 0 Å². The number of nitrogens with zero attached hydrogens (tertiary/aromatic N) is 2. The van der Waals surface area contributed by atoms with Gasteiger partial charge in [-0.2, -0.15) is 5.26 Å². The van der Waals surface area contributed by atoms with Crippen LogP contribution in [0.5, 0.6) is 0 Å². The van der Waals surface area contributed by atoms with Gasteiger partial charge in [0, 0.05) is 28.7 Å². The van der Waals surface area contributed by atoms with Gasteiger partial charge in [-0.05, 0) is 55.8 Å². The Labute approximate surface area is 155 Å². The molecule has 0 aliphatic heterocycles. The van der Waals surface area contributed by atoms with Crippen LogP contribution in [0.3, 0.4) is 0 Å². The molecule has 1 heterocycles. The van der Waals surface area contributed by atoms with Gasteiger partial charge in [-0.15, -0.1) is 0 Å². The third kappa shape index (κ3) is 4.59. The van der Waals surface area contributed by atoms with Gasteiger partial charge < -0.3 is 14.0 Å². The predicted octanol–water partition coefficient (Wildman–Crippen LogP) is 3.95. The number of benzene rings is 1. The Kier molecular flexibility index (Phi) is 6.57. The average Bonchev–Trinajstić information content (AvgIpc) is 2.87. The Balaban J connectivity index is 2.33. The zero-order valence-electron chi connectivity index (χ0n) is 14.4. The maximum Gasteiger partial charge on any atom is 0.348 e. The van der Waals surface area contributed by atoms with E-state index in [0.29, 0.717) is 6.61 Å². The van der Waals surface area contributed by atoms with Crippen molar-refractivity contribution < 1.29 is 14.3 Å². The van der Waals surface area contributed by atoms with Crippen LogP contribution < -0.4 is 0 Å². The molecule has 130 valence electrons. The van der Waals surface area contributed by atoms with Crippen LogP contribution in [0.15, 0.2) is 40.4 Å². The van der Waals surface area contributed by atoms with E-state index in [0.717, 1.165) is 27.1 Å². The van der Waals surface area contributed by atoms with Crippen LogP contribution in [-0.2, 0) is 14.3 Å². The number of methoxy groups -OCH3 is 1. The van der Waals surface area contributed by atoms with E-state index < -0.39 is 5.97 Å². The molecule has 0 N–H and O–H groups in total. The van der Waals surface area contributed by atoms with Crippen LogP contribution in [-0.4, -0.2) is 30.9 Å². The molecule has 0 aliphatic rings. The highest BCUT2D eigenvalue weighted by Crippen LogP contribution is 2.24. The summed E-state index contributed by atoms with van der Waals surface area (Å²) in [6.07, 6.45) is 1.56. The van der Waals surface area contributed by atoms with Crippen molar-refractivity contribution in [2.45, 2.75) is 13.8 Å². The number of nitriles is 1. The molecule has 0 saturated heterocycles. The highest BCUT2D eigenvalue weighted by atomic mass is 79.9. The number of aryl methyl sites for hydroxylation is 1. The highest BCUT2D eigenvalue weighted by Gasteiger charge is 2.14. The molecule has 0 saturated carbocycles. The largest absolute Gasteiger partial charge is 0.459 e. The van der Waals surface area contributed by atoms with Crippen molar-refractivity contribution >= 4 is 28.0 Å². The maximum absolute atomic E-state index is 12.0. The van der Waals surface area contributed by atoms with Gasteiger partial charge in [0.25, 0.3) is 0 Å². The van der Waals surface area contributed by atoms with Gasteiger partial charge in [-0.3, -0.25) is 0 Å². The first-order chi connectivity index (χ1) is 12.0. The molecule has 25 heavy (non-hydrogen) atoms. The number of halogens is 1. The first-order valence-electron chi connectivity index (χ1n) is 7.70. The number of hydrogen-bond donors (Lipinski definition) is 0. The quantitative estimate of drug-likeness (QED) is 0.317. The fourth-order valence-electron chi connectivity index (χ4n) is 2.51. The molecule has 0 atom stereocenters. The minimum Gasteiger partial charge on any atom is -0.459 e. The topological polar surface area (TPSA) is 64.2 Å². The second-order valence-corrected chi connectivity index (χ2v) is 6.35. The van der Waals surface area contributed by atoms with Crippen molar-refractivity contribution in [3.8, 4) is 11.8 Å². The minimum absolute atomic E-state index is 0.0350. The number of esters is 1. The standard InChI is InChI=1S/C19H19BrN2O3/c1-13-10-15(11-16(12-21)19(23)25-9-8-24-3)14(2)22(13)18-6-4-17(20)5-7-18/h4-7,10-11H,8-9H2,1-3H3/b16-11-. The second kappa shape index (κ2) is 8.65. The van der Waals surface area contributed by atoms with Crippen molar-refractivity contribution in [3.05, 3.63) is 57.3 Å². The molecular weight excluding hydrogens is 384 g/mol. The van der Waals surface area contributed by atoms with Gasteiger partial charge in [0.15, 0.2) is 0 Å². The van der Waals surface area contributed by atoms with E-state index in [1.54, 1.807) is 6.08 Å². The van der Waals surface area contributed by atoms with Gasteiger partial charge in [0.2, 0.25) is 0 Å². The summed E-state index contributed by atoms with van der Waals surface area (Å²) in [6.45, 7) is 4.34. The third-order valence-corrected chi connectivity index (χ3v) is 4.24. The lowest BCUT2D eigenvalue weighted by molar-refractivity contribution is -0.139. The van der Waals surface area contributed by atoms with Gasteiger partial charge >= 0.3 is 5.97 Å². The zero-order valence-corrected chi connectivity index (χ0v) is 16.0. The molecule has 5 nitrogen and oxygen atoms in total. The number of carbonyl (C=O) groups is 1. The van der Waals surface area contributed by atoms with E-state index in [2.05, 4.69) is 20.5 Å². The Morgan fingerprint density at radius 3 is 2.56 bits per heavy atom. The molecule has 1 aromatic carbocycles. The van der Waals surface area contributed by atoms with Gasteiger partial charge in [-0.25, -0.2) is 4.79 Å². The maximum atomic E-state index is 12.0. The zero-order chi connectivity index (χ0) is 18.4. The lowest BCUT2D eigenvalue weighted by Crippen LogP contribution is -2.11.